The normalized spacial score (nSPS) is 16.9. The summed E-state index contributed by atoms with van der Waals surface area (Å²) in [5.41, 5.74) is 0.882. The Hall–Kier alpha value is -1.93. The van der Waals surface area contributed by atoms with Gasteiger partial charge in [-0.2, -0.15) is 0 Å². The average Bonchev–Trinajstić information content (AvgIpc) is 3.22. The van der Waals surface area contributed by atoms with Crippen LogP contribution in [0.4, 0.5) is 0 Å². The molecule has 2 heterocycles. The van der Waals surface area contributed by atoms with Crippen molar-refractivity contribution in [3.63, 3.8) is 0 Å². The number of quaternary nitrogens is 1. The van der Waals surface area contributed by atoms with Gasteiger partial charge in [0.1, 0.15) is 19.1 Å². The van der Waals surface area contributed by atoms with Crippen molar-refractivity contribution in [1.82, 2.24) is 10.6 Å². The van der Waals surface area contributed by atoms with Crippen molar-refractivity contribution in [2.45, 2.75) is 25.6 Å². The molecule has 0 bridgehead atoms. The number of hydrogen-bond acceptors (Lipinski definition) is 4. The molecule has 1 aliphatic rings. The second-order valence-electron chi connectivity index (χ2n) is 6.83. The van der Waals surface area contributed by atoms with Crippen molar-refractivity contribution in [3.8, 4) is 0 Å². The Balaban J connectivity index is 1.58. The summed E-state index contributed by atoms with van der Waals surface area (Å²) in [5, 5.41) is 8.21. The highest BCUT2D eigenvalue weighted by Gasteiger charge is 2.33. The van der Waals surface area contributed by atoms with E-state index in [-0.39, 0.29) is 18.6 Å². The molecule has 1 aliphatic heterocycles. The minimum Gasteiger partial charge on any atom is -0.370 e. The second-order valence-corrected chi connectivity index (χ2v) is 8.25. The summed E-state index contributed by atoms with van der Waals surface area (Å²) in [6.07, 6.45) is 0. The zero-order valence-corrected chi connectivity index (χ0v) is 17.3. The van der Waals surface area contributed by atoms with Gasteiger partial charge in [-0.15, -0.1) is 11.3 Å². The van der Waals surface area contributed by atoms with Gasteiger partial charge in [-0.3, -0.25) is 9.59 Å². The molecule has 3 rings (SSSR count). The van der Waals surface area contributed by atoms with Crippen molar-refractivity contribution >= 4 is 34.8 Å². The summed E-state index contributed by atoms with van der Waals surface area (Å²) in [7, 11) is 0. The lowest BCUT2D eigenvalue weighted by Crippen LogP contribution is -3.15. The van der Waals surface area contributed by atoms with Gasteiger partial charge in [0.05, 0.1) is 24.1 Å². The molecule has 150 valence electrons. The molecule has 28 heavy (non-hydrogen) atoms. The standard InChI is InChI=1S/C20H24ClN3O3S/c1-14(18(17-3-2-12-28-17)24-8-10-27-11-9-24)23-20(26)19(25)22-13-15-4-6-16(21)7-5-15/h2-7,12,14,18H,8-11,13H2,1H3,(H,22,25)(H,23,26)/p+1/t14-,18+/m0/s1. The average molecular weight is 423 g/mol. The van der Waals surface area contributed by atoms with Gasteiger partial charge in [0.25, 0.3) is 0 Å². The number of thiophene rings is 1. The molecule has 1 aromatic carbocycles. The molecule has 3 N–H and O–H groups in total. The molecule has 0 saturated carbocycles. The molecule has 1 saturated heterocycles. The fourth-order valence-corrected chi connectivity index (χ4v) is 4.55. The van der Waals surface area contributed by atoms with E-state index in [0.717, 1.165) is 18.7 Å². The van der Waals surface area contributed by atoms with Gasteiger partial charge in [-0.05, 0) is 36.1 Å². The van der Waals surface area contributed by atoms with Gasteiger partial charge in [0, 0.05) is 11.6 Å². The van der Waals surface area contributed by atoms with Crippen LogP contribution < -0.4 is 15.5 Å². The molecule has 0 spiro atoms. The Morgan fingerprint density at radius 2 is 1.89 bits per heavy atom. The Kier molecular flexibility index (Phi) is 7.44. The van der Waals surface area contributed by atoms with Crippen LogP contribution in [-0.2, 0) is 20.9 Å². The summed E-state index contributed by atoms with van der Waals surface area (Å²) < 4.78 is 5.47. The van der Waals surface area contributed by atoms with Gasteiger partial charge >= 0.3 is 11.8 Å². The van der Waals surface area contributed by atoms with E-state index in [4.69, 9.17) is 16.3 Å². The van der Waals surface area contributed by atoms with E-state index >= 15 is 0 Å². The van der Waals surface area contributed by atoms with E-state index in [1.165, 1.54) is 9.78 Å². The molecule has 6 nitrogen and oxygen atoms in total. The molecule has 2 aromatic rings. The topological polar surface area (TPSA) is 71.9 Å². The fourth-order valence-electron chi connectivity index (χ4n) is 3.43. The van der Waals surface area contributed by atoms with Gasteiger partial charge in [0.2, 0.25) is 0 Å². The lowest BCUT2D eigenvalue weighted by molar-refractivity contribution is -0.939. The van der Waals surface area contributed by atoms with Crippen molar-refractivity contribution in [1.29, 1.82) is 0 Å². The third kappa shape index (κ3) is 5.54. The minimum atomic E-state index is -0.635. The summed E-state index contributed by atoms with van der Waals surface area (Å²) in [5.74, 6) is -1.25. The van der Waals surface area contributed by atoms with E-state index in [9.17, 15) is 9.59 Å². The fraction of sp³-hybridized carbons (Fsp3) is 0.400. The van der Waals surface area contributed by atoms with E-state index < -0.39 is 11.8 Å². The van der Waals surface area contributed by atoms with Crippen LogP contribution in [0.1, 0.15) is 23.4 Å². The molecular formula is C20H25ClN3O3S+. The van der Waals surface area contributed by atoms with Crippen LogP contribution in [0.5, 0.6) is 0 Å². The first-order chi connectivity index (χ1) is 13.5. The number of carbonyl (C=O) groups is 2. The number of hydrogen-bond donors (Lipinski definition) is 3. The molecular weight excluding hydrogens is 398 g/mol. The molecule has 0 radical (unpaired) electrons. The lowest BCUT2D eigenvalue weighted by Gasteiger charge is -2.34. The summed E-state index contributed by atoms with van der Waals surface area (Å²) in [4.78, 5) is 27.2. The third-order valence-corrected chi connectivity index (χ3v) is 6.06. The predicted octanol–water partition coefficient (Wildman–Crippen LogP) is 1.18. The van der Waals surface area contributed by atoms with Gasteiger partial charge in [0.15, 0.2) is 0 Å². The molecule has 2 amide bonds. The van der Waals surface area contributed by atoms with E-state index in [1.54, 1.807) is 23.5 Å². The maximum absolute atomic E-state index is 12.4. The number of morpholine rings is 1. The number of nitrogens with one attached hydrogen (secondary N) is 3. The highest BCUT2D eigenvalue weighted by Crippen LogP contribution is 2.20. The van der Waals surface area contributed by atoms with E-state index in [1.807, 2.05) is 30.5 Å². The number of carbonyl (C=O) groups excluding carboxylic acids is 2. The van der Waals surface area contributed by atoms with Gasteiger partial charge < -0.3 is 20.3 Å². The highest BCUT2D eigenvalue weighted by atomic mass is 35.5. The monoisotopic (exact) mass is 422 g/mol. The third-order valence-electron chi connectivity index (χ3n) is 4.86. The smallest absolute Gasteiger partial charge is 0.309 e. The van der Waals surface area contributed by atoms with Crippen LogP contribution in [0.25, 0.3) is 0 Å². The van der Waals surface area contributed by atoms with Gasteiger partial charge in [-0.25, -0.2) is 0 Å². The minimum absolute atomic E-state index is 0.0944. The maximum Gasteiger partial charge on any atom is 0.309 e. The summed E-state index contributed by atoms with van der Waals surface area (Å²) >= 11 is 7.53. The first-order valence-corrected chi connectivity index (χ1v) is 10.6. The van der Waals surface area contributed by atoms with Crippen LogP contribution >= 0.6 is 22.9 Å². The number of amides is 2. The molecule has 8 heteroatoms. The summed E-state index contributed by atoms with van der Waals surface area (Å²) in [6.45, 7) is 5.41. The lowest BCUT2D eigenvalue weighted by atomic mass is 10.1. The molecule has 1 aromatic heterocycles. The van der Waals surface area contributed by atoms with Crippen molar-refractivity contribution in [2.75, 3.05) is 26.3 Å². The summed E-state index contributed by atoms with van der Waals surface area (Å²) in [6, 6.07) is 11.2. The van der Waals surface area contributed by atoms with Crippen LogP contribution in [0.3, 0.4) is 0 Å². The van der Waals surface area contributed by atoms with Crippen molar-refractivity contribution in [3.05, 3.63) is 57.2 Å². The first-order valence-electron chi connectivity index (χ1n) is 9.33. The highest BCUT2D eigenvalue weighted by molar-refractivity contribution is 7.10. The largest absolute Gasteiger partial charge is 0.370 e. The Morgan fingerprint density at radius 1 is 1.18 bits per heavy atom. The molecule has 0 aliphatic carbocycles. The van der Waals surface area contributed by atoms with Gasteiger partial charge in [-0.1, -0.05) is 29.8 Å². The number of halogens is 1. The quantitative estimate of drug-likeness (QED) is 0.612. The zero-order chi connectivity index (χ0) is 19.9. The number of ether oxygens (including phenoxy) is 1. The van der Waals surface area contributed by atoms with E-state index in [0.29, 0.717) is 18.2 Å². The van der Waals surface area contributed by atoms with Crippen molar-refractivity contribution in [2.24, 2.45) is 0 Å². The second kappa shape index (κ2) is 10.0. The Morgan fingerprint density at radius 3 is 2.54 bits per heavy atom. The van der Waals surface area contributed by atoms with Crippen LogP contribution in [0, 0.1) is 0 Å². The Labute approximate surface area is 173 Å². The Bertz CT molecular complexity index is 777. The maximum atomic E-state index is 12.4. The van der Waals surface area contributed by atoms with Crippen LogP contribution in [0.15, 0.2) is 41.8 Å². The molecule has 0 unspecified atom stereocenters. The van der Waals surface area contributed by atoms with E-state index in [2.05, 4.69) is 16.7 Å². The van der Waals surface area contributed by atoms with Crippen molar-refractivity contribution < 1.29 is 19.2 Å². The number of rotatable bonds is 6. The van der Waals surface area contributed by atoms with Crippen LogP contribution in [0.2, 0.25) is 5.02 Å². The van der Waals surface area contributed by atoms with Crippen LogP contribution in [-0.4, -0.2) is 44.2 Å². The first kappa shape index (κ1) is 20.8. The predicted molar refractivity (Wildman–Crippen MR) is 109 cm³/mol. The molecule has 2 atom stereocenters. The molecule has 1 fully saturated rings. The number of benzene rings is 1. The SMILES string of the molecule is C[C@H](NC(=O)C(=O)NCc1ccc(Cl)cc1)[C@H](c1cccs1)[NH+]1CCOCC1. The zero-order valence-electron chi connectivity index (χ0n) is 15.7.